The van der Waals surface area contributed by atoms with Gasteiger partial charge >= 0.3 is 17.1 Å². The molecule has 0 atom stereocenters. The molecular weight excluding hydrogens is 544 g/mol. The Hall–Kier alpha value is 0.259. The molecule has 0 aromatic rings. The summed E-state index contributed by atoms with van der Waals surface area (Å²) in [5, 5.41) is 0. The van der Waals surface area contributed by atoms with Crippen molar-refractivity contribution >= 4 is 20.8 Å². The number of hydrogen-bond acceptors (Lipinski definition) is 8. The van der Waals surface area contributed by atoms with Gasteiger partial charge in [0.15, 0.2) is 0 Å². The first-order valence-corrected chi connectivity index (χ1v) is 16.0. The molecule has 0 fully saturated rings. The van der Waals surface area contributed by atoms with E-state index < -0.39 is 20.8 Å². The molecule has 35 heavy (non-hydrogen) atoms. The van der Waals surface area contributed by atoms with Crippen LogP contribution in [0, 0.1) is 0 Å². The molecule has 11 heteroatoms. The van der Waals surface area contributed by atoms with Gasteiger partial charge in [0.05, 0.1) is 13.2 Å². The first-order chi connectivity index (χ1) is 16.1. The first kappa shape index (κ1) is 39.8. The van der Waals surface area contributed by atoms with Crippen LogP contribution in [0.25, 0.3) is 0 Å². The van der Waals surface area contributed by atoms with Gasteiger partial charge < -0.3 is 9.11 Å². The van der Waals surface area contributed by atoms with Crippen LogP contribution in [0.3, 0.4) is 0 Å². The SMILES string of the molecule is CCCCCCCCCCCCOS(=O)(=O)[O-].CCCCCCCCCCCCOS(=O)(=O)[O-].[Cu+2]. The largest absolute Gasteiger partial charge is 2.00 e. The third kappa shape index (κ3) is 44.6. The van der Waals surface area contributed by atoms with Gasteiger partial charge in [0.2, 0.25) is 20.8 Å². The summed E-state index contributed by atoms with van der Waals surface area (Å²) in [6.07, 6.45) is 23.4. The normalized spacial score (nSPS) is 11.5. The van der Waals surface area contributed by atoms with E-state index >= 15 is 0 Å². The van der Waals surface area contributed by atoms with Crippen molar-refractivity contribution in [2.45, 2.75) is 142 Å². The maximum Gasteiger partial charge on any atom is 2.00 e. The smallest absolute Gasteiger partial charge is 0.726 e. The van der Waals surface area contributed by atoms with Crippen LogP contribution < -0.4 is 0 Å². The zero-order valence-electron chi connectivity index (χ0n) is 21.9. The average molecular weight is 594 g/mol. The molecule has 0 unspecified atom stereocenters. The molecule has 0 heterocycles. The summed E-state index contributed by atoms with van der Waals surface area (Å²) in [5.41, 5.74) is 0. The molecule has 0 amide bonds. The predicted octanol–water partition coefficient (Wildman–Crippen LogP) is 6.77. The van der Waals surface area contributed by atoms with Crippen LogP contribution in [0.4, 0.5) is 0 Å². The summed E-state index contributed by atoms with van der Waals surface area (Å²) in [6.45, 7) is 4.49. The minimum Gasteiger partial charge on any atom is -0.726 e. The molecule has 0 saturated carbocycles. The topological polar surface area (TPSA) is 133 Å². The quantitative estimate of drug-likeness (QED) is 0.0518. The molecule has 0 rings (SSSR count). The first-order valence-electron chi connectivity index (χ1n) is 13.3. The number of rotatable bonds is 24. The molecular formula is C24H50CuO8S2. The molecule has 0 saturated heterocycles. The van der Waals surface area contributed by atoms with Crippen LogP contribution in [0.5, 0.6) is 0 Å². The molecule has 0 bridgehead atoms. The molecule has 0 spiro atoms. The molecule has 0 N–H and O–H groups in total. The standard InChI is InChI=1S/2C12H26O4S.Cu/c2*1-2-3-4-5-6-7-8-9-10-11-12-16-17(13,14)15;/h2*2-12H2,1H3,(H,13,14,15);/q;;+2/p-2. The average Bonchev–Trinajstić information content (AvgIpc) is 2.75. The van der Waals surface area contributed by atoms with Gasteiger partial charge in [0.25, 0.3) is 0 Å². The zero-order chi connectivity index (χ0) is 26.0. The number of unbranched alkanes of at least 4 members (excludes halogenated alkanes) is 18. The van der Waals surface area contributed by atoms with Crippen LogP contribution in [0.1, 0.15) is 142 Å². The minimum atomic E-state index is -4.48. The van der Waals surface area contributed by atoms with Crippen molar-refractivity contribution in [2.75, 3.05) is 13.2 Å². The number of hydrogen-bond donors (Lipinski definition) is 0. The van der Waals surface area contributed by atoms with E-state index in [1.54, 1.807) is 0 Å². The van der Waals surface area contributed by atoms with E-state index in [1.807, 2.05) is 0 Å². The Morgan fingerprint density at radius 1 is 0.429 bits per heavy atom. The van der Waals surface area contributed by atoms with Gasteiger partial charge in [-0.15, -0.1) is 0 Å². The van der Waals surface area contributed by atoms with Gasteiger partial charge in [-0.05, 0) is 12.8 Å². The Morgan fingerprint density at radius 2 is 0.629 bits per heavy atom. The Balaban J connectivity index is -0.000000569. The van der Waals surface area contributed by atoms with Crippen molar-refractivity contribution in [3.8, 4) is 0 Å². The zero-order valence-corrected chi connectivity index (χ0v) is 24.5. The molecule has 0 aliphatic heterocycles. The van der Waals surface area contributed by atoms with Crippen molar-refractivity contribution in [3.63, 3.8) is 0 Å². The van der Waals surface area contributed by atoms with Crippen molar-refractivity contribution < 1.29 is 51.4 Å². The fraction of sp³-hybridized carbons (Fsp3) is 1.00. The minimum absolute atomic E-state index is 0. The summed E-state index contributed by atoms with van der Waals surface area (Å²) >= 11 is 0. The van der Waals surface area contributed by atoms with Crippen molar-refractivity contribution in [1.29, 1.82) is 0 Å². The van der Waals surface area contributed by atoms with Crippen LogP contribution in [0.2, 0.25) is 0 Å². The molecule has 0 aliphatic carbocycles. The van der Waals surface area contributed by atoms with E-state index in [9.17, 15) is 25.9 Å². The third-order valence-corrected chi connectivity index (χ3v) is 6.36. The second kappa shape index (κ2) is 28.8. The van der Waals surface area contributed by atoms with Gasteiger partial charge in [0, 0.05) is 0 Å². The fourth-order valence-electron chi connectivity index (χ4n) is 3.50. The van der Waals surface area contributed by atoms with Crippen LogP contribution in [0.15, 0.2) is 0 Å². The van der Waals surface area contributed by atoms with Gasteiger partial charge in [-0.1, -0.05) is 129 Å². The van der Waals surface area contributed by atoms with Crippen LogP contribution in [-0.2, 0) is 46.2 Å². The van der Waals surface area contributed by atoms with E-state index in [1.165, 1.54) is 89.9 Å². The van der Waals surface area contributed by atoms with E-state index in [-0.39, 0.29) is 30.3 Å². The van der Waals surface area contributed by atoms with Crippen molar-refractivity contribution in [1.82, 2.24) is 0 Å². The summed E-state index contributed by atoms with van der Waals surface area (Å²) in [4.78, 5) is 0. The summed E-state index contributed by atoms with van der Waals surface area (Å²) in [6, 6.07) is 0. The van der Waals surface area contributed by atoms with Crippen LogP contribution >= 0.6 is 0 Å². The van der Waals surface area contributed by atoms with Crippen molar-refractivity contribution in [2.24, 2.45) is 0 Å². The summed E-state index contributed by atoms with van der Waals surface area (Å²) in [5.74, 6) is 0. The van der Waals surface area contributed by atoms with E-state index in [0.717, 1.165) is 25.7 Å². The molecule has 0 aromatic heterocycles. The monoisotopic (exact) mass is 593 g/mol. The second-order valence-electron chi connectivity index (χ2n) is 8.82. The molecule has 1 radical (unpaired) electrons. The maximum atomic E-state index is 10.1. The fourth-order valence-corrected chi connectivity index (χ4v) is 4.14. The van der Waals surface area contributed by atoms with E-state index in [4.69, 9.17) is 0 Å². The molecule has 8 nitrogen and oxygen atoms in total. The Labute approximate surface area is 227 Å². The Kier molecular flexibility index (Phi) is 32.8. The Morgan fingerprint density at radius 3 is 0.829 bits per heavy atom. The second-order valence-corrected chi connectivity index (χ2v) is 10.9. The van der Waals surface area contributed by atoms with E-state index in [2.05, 4.69) is 22.2 Å². The van der Waals surface area contributed by atoms with Gasteiger partial charge in [0.1, 0.15) is 0 Å². The maximum absolute atomic E-state index is 10.1. The molecule has 0 aromatic carbocycles. The Bertz CT molecular complexity index is 559. The predicted molar refractivity (Wildman–Crippen MR) is 135 cm³/mol. The summed E-state index contributed by atoms with van der Waals surface area (Å²) < 4.78 is 68.9. The van der Waals surface area contributed by atoms with Gasteiger partial charge in [-0.2, -0.15) is 0 Å². The van der Waals surface area contributed by atoms with E-state index in [0.29, 0.717) is 12.8 Å². The molecule has 217 valence electrons. The molecule has 0 aliphatic rings. The van der Waals surface area contributed by atoms with Crippen molar-refractivity contribution in [3.05, 3.63) is 0 Å². The van der Waals surface area contributed by atoms with Crippen LogP contribution in [-0.4, -0.2) is 39.2 Å². The van der Waals surface area contributed by atoms with Gasteiger partial charge in [-0.3, -0.25) is 8.37 Å². The van der Waals surface area contributed by atoms with Gasteiger partial charge in [-0.25, -0.2) is 16.8 Å². The third-order valence-electron chi connectivity index (χ3n) is 5.45. The summed E-state index contributed by atoms with van der Waals surface area (Å²) in [7, 11) is -8.97.